The predicted octanol–water partition coefficient (Wildman–Crippen LogP) is 2.34. The first kappa shape index (κ1) is 30.4. The summed E-state index contributed by atoms with van der Waals surface area (Å²) in [6.45, 7) is 4.25. The predicted molar refractivity (Wildman–Crippen MR) is 131 cm³/mol. The first-order valence-electron chi connectivity index (χ1n) is 11.1. The molecule has 0 aliphatic rings. The van der Waals surface area contributed by atoms with Crippen LogP contribution in [-0.4, -0.2) is 95.5 Å². The molecular formula is C23H33N3O8S. The number of anilines is 1. The molecule has 2 N–H and O–H groups in total. The Morgan fingerprint density at radius 1 is 1.00 bits per heavy atom. The molecule has 11 nitrogen and oxygen atoms in total. The number of ether oxygens (including phenoxy) is 5. The molecule has 1 aromatic heterocycles. The van der Waals surface area contributed by atoms with Gasteiger partial charge in [0.05, 0.1) is 82.7 Å². The molecule has 2 rings (SSSR count). The van der Waals surface area contributed by atoms with Crippen LogP contribution in [0.25, 0.3) is 10.2 Å². The van der Waals surface area contributed by atoms with Crippen LogP contribution in [0.15, 0.2) is 18.2 Å². The molecule has 0 amide bonds. The number of hydrogen-bond donors (Lipinski definition) is 2. The molecule has 0 bridgehead atoms. The van der Waals surface area contributed by atoms with Crippen LogP contribution < -0.4 is 5.32 Å². The zero-order chi connectivity index (χ0) is 25.6. The summed E-state index contributed by atoms with van der Waals surface area (Å²) in [7, 11) is 1.87. The zero-order valence-corrected chi connectivity index (χ0v) is 20.7. The summed E-state index contributed by atoms with van der Waals surface area (Å²) >= 11 is 1.41. The summed E-state index contributed by atoms with van der Waals surface area (Å²) in [5, 5.41) is 20.6. The Morgan fingerprint density at radius 3 is 2.03 bits per heavy atom. The average Bonchev–Trinajstić information content (AvgIpc) is 3.28. The van der Waals surface area contributed by atoms with Crippen molar-refractivity contribution in [2.24, 2.45) is 0 Å². The lowest BCUT2D eigenvalue weighted by molar-refractivity contribution is -0.138. The fourth-order valence-electron chi connectivity index (χ4n) is 2.40. The molecule has 35 heavy (non-hydrogen) atoms. The smallest absolute Gasteiger partial charge is 0.305 e. The van der Waals surface area contributed by atoms with Crippen molar-refractivity contribution in [3.05, 3.63) is 23.2 Å². The molecule has 0 radical (unpaired) electrons. The number of nitrogens with zero attached hydrogens (tertiary/aromatic N) is 2. The van der Waals surface area contributed by atoms with Crippen molar-refractivity contribution in [2.45, 2.75) is 12.8 Å². The molecule has 1 aromatic carbocycles. The first-order chi connectivity index (χ1) is 17.1. The summed E-state index contributed by atoms with van der Waals surface area (Å²) in [4.78, 5) is 24.3. The summed E-state index contributed by atoms with van der Waals surface area (Å²) < 4.78 is 27.0. The van der Waals surface area contributed by atoms with E-state index in [9.17, 15) is 9.59 Å². The van der Waals surface area contributed by atoms with Crippen LogP contribution >= 0.6 is 11.3 Å². The molecule has 1 heterocycles. The summed E-state index contributed by atoms with van der Waals surface area (Å²) in [6.07, 6.45) is 1.23. The third kappa shape index (κ3) is 15.8. The number of aromatic nitrogens is 1. The van der Waals surface area contributed by atoms with Gasteiger partial charge in [-0.2, -0.15) is 5.26 Å². The van der Waals surface area contributed by atoms with Crippen molar-refractivity contribution in [3.63, 3.8) is 0 Å². The van der Waals surface area contributed by atoms with Gasteiger partial charge < -0.3 is 38.9 Å². The van der Waals surface area contributed by atoms with Crippen molar-refractivity contribution < 1.29 is 38.4 Å². The highest BCUT2D eigenvalue weighted by Crippen LogP contribution is 2.24. The minimum atomic E-state index is -0.871. The Kier molecular flexibility index (Phi) is 18.0. The number of nitriles is 1. The maximum Gasteiger partial charge on any atom is 0.305 e. The lowest BCUT2D eigenvalue weighted by Crippen LogP contribution is -2.13. The highest BCUT2D eigenvalue weighted by atomic mass is 32.1. The van der Waals surface area contributed by atoms with Crippen LogP contribution in [0.3, 0.4) is 0 Å². The average molecular weight is 512 g/mol. The highest BCUT2D eigenvalue weighted by Gasteiger charge is 2.02. The van der Waals surface area contributed by atoms with Crippen LogP contribution in [0.2, 0.25) is 0 Å². The lowest BCUT2D eigenvalue weighted by Gasteiger charge is -2.07. The summed E-state index contributed by atoms with van der Waals surface area (Å²) in [5.41, 5.74) is 1.93. The number of thiazole rings is 1. The second-order valence-electron chi connectivity index (χ2n) is 6.72. The molecule has 0 fully saturated rings. The Morgan fingerprint density at radius 2 is 1.54 bits per heavy atom. The Labute approximate surface area is 208 Å². The van der Waals surface area contributed by atoms with Crippen LogP contribution in [0.4, 0.5) is 5.69 Å². The number of carbonyl (C=O) groups excluding carboxylic acids is 1. The van der Waals surface area contributed by atoms with Gasteiger partial charge in [-0.15, -0.1) is 11.3 Å². The van der Waals surface area contributed by atoms with Gasteiger partial charge in [-0.3, -0.25) is 4.79 Å². The number of hydrogen-bond acceptors (Lipinski definition) is 11. The molecule has 2 aromatic rings. The number of aldehydes is 1. The summed E-state index contributed by atoms with van der Waals surface area (Å²) in [6, 6.07) is 7.90. The number of nitrogens with one attached hydrogen (secondary N) is 1. The van der Waals surface area contributed by atoms with Crippen LogP contribution in [0.5, 0.6) is 0 Å². The van der Waals surface area contributed by atoms with E-state index in [1.54, 1.807) is 0 Å². The van der Waals surface area contributed by atoms with Crippen molar-refractivity contribution in [3.8, 4) is 6.07 Å². The maximum atomic E-state index is 10.2. The van der Waals surface area contributed by atoms with Gasteiger partial charge in [0.15, 0.2) is 5.01 Å². The second-order valence-corrected chi connectivity index (χ2v) is 7.75. The van der Waals surface area contributed by atoms with Crippen LogP contribution in [-0.2, 0) is 33.3 Å². The molecule has 0 spiro atoms. The lowest BCUT2D eigenvalue weighted by atomic mass is 10.3. The Balaban J connectivity index is 0.000000394. The van der Waals surface area contributed by atoms with E-state index in [4.69, 9.17) is 34.1 Å². The molecular weight excluding hydrogens is 478 g/mol. The van der Waals surface area contributed by atoms with E-state index in [-0.39, 0.29) is 13.0 Å². The van der Waals surface area contributed by atoms with E-state index in [1.807, 2.05) is 31.3 Å². The molecule has 0 saturated heterocycles. The number of fused-ring (bicyclic) bond motifs is 1. The standard InChI is InChI=1S/C14H26O8.C9H7N3S/c15-3-1-4-18-6-8-20-10-12-22-13-11-21-9-7-19-5-2-14(16)17;1-11-6-2-3-7-8(4-6)13-9(5-10)12-7/h3H,1-2,4-13H2,(H,16,17);2-4,11H,1H3. The number of carboxylic acid groups (broad SMARTS) is 1. The van der Waals surface area contributed by atoms with Gasteiger partial charge in [0.1, 0.15) is 12.4 Å². The number of carboxylic acids is 1. The number of carbonyl (C=O) groups is 2. The second kappa shape index (κ2) is 20.7. The largest absolute Gasteiger partial charge is 0.481 e. The van der Waals surface area contributed by atoms with E-state index in [0.717, 1.165) is 22.2 Å². The topological polar surface area (TPSA) is 149 Å². The third-order valence-corrected chi connectivity index (χ3v) is 5.02. The van der Waals surface area contributed by atoms with Crippen molar-refractivity contribution in [1.29, 1.82) is 5.26 Å². The van der Waals surface area contributed by atoms with E-state index in [2.05, 4.69) is 10.3 Å². The van der Waals surface area contributed by atoms with Gasteiger partial charge in [-0.25, -0.2) is 4.98 Å². The quantitative estimate of drug-likeness (QED) is 0.211. The number of benzene rings is 1. The molecule has 194 valence electrons. The van der Waals surface area contributed by atoms with Gasteiger partial charge in [0, 0.05) is 19.2 Å². The fraction of sp³-hybridized carbons (Fsp3) is 0.565. The minimum Gasteiger partial charge on any atom is -0.481 e. The van der Waals surface area contributed by atoms with Crippen molar-refractivity contribution in [1.82, 2.24) is 4.98 Å². The monoisotopic (exact) mass is 511 g/mol. The van der Waals surface area contributed by atoms with E-state index in [0.29, 0.717) is 70.9 Å². The van der Waals surface area contributed by atoms with E-state index >= 15 is 0 Å². The number of aliphatic carboxylic acids is 1. The van der Waals surface area contributed by atoms with Crippen molar-refractivity contribution >= 4 is 39.5 Å². The normalized spacial score (nSPS) is 10.4. The van der Waals surface area contributed by atoms with Crippen LogP contribution in [0, 0.1) is 11.3 Å². The molecule has 12 heteroatoms. The third-order valence-electron chi connectivity index (χ3n) is 4.10. The minimum absolute atomic E-state index is 0.00520. The van der Waals surface area contributed by atoms with E-state index in [1.165, 1.54) is 11.3 Å². The fourth-order valence-corrected chi connectivity index (χ4v) is 3.20. The molecule has 0 saturated carbocycles. The molecule has 0 atom stereocenters. The van der Waals surface area contributed by atoms with Crippen molar-refractivity contribution in [2.75, 3.05) is 78.4 Å². The maximum absolute atomic E-state index is 10.2. The molecule has 0 aliphatic heterocycles. The van der Waals surface area contributed by atoms with Gasteiger partial charge in [0.2, 0.25) is 0 Å². The van der Waals surface area contributed by atoms with Gasteiger partial charge in [-0.05, 0) is 18.2 Å². The molecule has 0 unspecified atom stereocenters. The van der Waals surface area contributed by atoms with Gasteiger partial charge in [0.25, 0.3) is 0 Å². The van der Waals surface area contributed by atoms with Gasteiger partial charge in [-0.1, -0.05) is 0 Å². The van der Waals surface area contributed by atoms with Gasteiger partial charge >= 0.3 is 5.97 Å². The number of rotatable bonds is 19. The van der Waals surface area contributed by atoms with Crippen LogP contribution in [0.1, 0.15) is 17.8 Å². The van der Waals surface area contributed by atoms with E-state index < -0.39 is 5.97 Å². The first-order valence-corrected chi connectivity index (χ1v) is 11.9. The summed E-state index contributed by atoms with van der Waals surface area (Å²) in [5.74, 6) is -0.871. The zero-order valence-electron chi connectivity index (χ0n) is 19.9. The highest BCUT2D eigenvalue weighted by molar-refractivity contribution is 7.19. The SMILES string of the molecule is CNc1ccc2nc(C#N)sc2c1.O=CCCOCCOCCOCCOCCOCCC(=O)O. The Bertz CT molecular complexity index is 887. The molecule has 0 aliphatic carbocycles. The Hall–Kier alpha value is -2.66.